The van der Waals surface area contributed by atoms with E-state index in [2.05, 4.69) is 46.8 Å². The van der Waals surface area contributed by atoms with E-state index in [0.29, 0.717) is 18.5 Å². The van der Waals surface area contributed by atoms with Gasteiger partial charge in [-0.25, -0.2) is 9.97 Å². The summed E-state index contributed by atoms with van der Waals surface area (Å²) in [6, 6.07) is 12.9. The van der Waals surface area contributed by atoms with E-state index in [9.17, 15) is 0 Å². The highest BCUT2D eigenvalue weighted by molar-refractivity contribution is 5.55. The van der Waals surface area contributed by atoms with Gasteiger partial charge in [0.05, 0.1) is 6.61 Å². The zero-order valence-electron chi connectivity index (χ0n) is 22.2. The van der Waals surface area contributed by atoms with Gasteiger partial charge in [-0.2, -0.15) is 0 Å². The topological polar surface area (TPSA) is 72.2 Å². The Kier molecular flexibility index (Phi) is 7.23. The van der Waals surface area contributed by atoms with Crippen molar-refractivity contribution in [1.29, 1.82) is 0 Å². The summed E-state index contributed by atoms with van der Waals surface area (Å²) in [5.41, 5.74) is 2.24. The summed E-state index contributed by atoms with van der Waals surface area (Å²) in [6.45, 7) is 12.3. The lowest BCUT2D eigenvalue weighted by Gasteiger charge is -2.36. The molecular formula is C28H39N7O. The van der Waals surface area contributed by atoms with E-state index < -0.39 is 0 Å². The Labute approximate surface area is 214 Å². The van der Waals surface area contributed by atoms with Crippen molar-refractivity contribution in [1.82, 2.24) is 29.6 Å². The summed E-state index contributed by atoms with van der Waals surface area (Å²) in [5.74, 6) is 3.52. The van der Waals surface area contributed by atoms with Crippen LogP contribution >= 0.6 is 0 Å². The maximum absolute atomic E-state index is 5.95. The highest BCUT2D eigenvalue weighted by Gasteiger charge is 2.27. The lowest BCUT2D eigenvalue weighted by atomic mass is 9.82. The molecule has 8 heteroatoms. The zero-order valence-corrected chi connectivity index (χ0v) is 22.2. The van der Waals surface area contributed by atoms with Crippen LogP contribution < -0.4 is 9.64 Å². The Balaban J connectivity index is 1.11. The lowest BCUT2D eigenvalue weighted by Crippen LogP contribution is -2.47. The zero-order chi connectivity index (χ0) is 25.1. The van der Waals surface area contributed by atoms with E-state index in [1.807, 2.05) is 41.9 Å². The van der Waals surface area contributed by atoms with Crippen LogP contribution in [-0.2, 0) is 12.5 Å². The molecule has 0 unspecified atom stereocenters. The molecule has 0 amide bonds. The van der Waals surface area contributed by atoms with Crippen LogP contribution in [0.5, 0.6) is 6.01 Å². The average molecular weight is 490 g/mol. The molecule has 0 bridgehead atoms. The summed E-state index contributed by atoms with van der Waals surface area (Å²) < 4.78 is 7.87. The smallest absolute Gasteiger partial charge is 0.316 e. The molecule has 2 aliphatic rings. The van der Waals surface area contributed by atoms with Crippen LogP contribution in [0.2, 0.25) is 0 Å². The number of anilines is 1. The molecule has 3 aromatic rings. The third-order valence-corrected chi connectivity index (χ3v) is 7.34. The van der Waals surface area contributed by atoms with Crippen LogP contribution in [0.4, 0.5) is 5.82 Å². The Hall–Kier alpha value is -3.00. The molecule has 1 saturated carbocycles. The molecule has 1 aliphatic carbocycles. The van der Waals surface area contributed by atoms with Gasteiger partial charge in [0.15, 0.2) is 5.82 Å². The normalized spacial score (nSPS) is 17.3. The van der Waals surface area contributed by atoms with Crippen LogP contribution in [0.15, 0.2) is 36.4 Å². The maximum atomic E-state index is 5.95. The fourth-order valence-electron chi connectivity index (χ4n) is 4.79. The van der Waals surface area contributed by atoms with Gasteiger partial charge in [0.2, 0.25) is 0 Å². The third-order valence-electron chi connectivity index (χ3n) is 7.34. The second kappa shape index (κ2) is 10.5. The van der Waals surface area contributed by atoms with Crippen molar-refractivity contribution >= 4 is 5.82 Å². The quantitative estimate of drug-likeness (QED) is 0.434. The van der Waals surface area contributed by atoms with Gasteiger partial charge < -0.3 is 9.64 Å². The van der Waals surface area contributed by atoms with Gasteiger partial charge in [0.1, 0.15) is 11.6 Å². The van der Waals surface area contributed by atoms with E-state index in [0.717, 1.165) is 62.2 Å². The molecule has 2 fully saturated rings. The second-order valence-electron chi connectivity index (χ2n) is 11.1. The number of ether oxygens (including phenoxy) is 1. The molecule has 8 nitrogen and oxygen atoms in total. The first-order valence-corrected chi connectivity index (χ1v) is 13.3. The molecular weight excluding hydrogens is 450 g/mol. The molecule has 1 saturated heterocycles. The molecule has 3 heterocycles. The van der Waals surface area contributed by atoms with Crippen molar-refractivity contribution in [3.8, 4) is 17.4 Å². The number of benzene rings is 1. The molecule has 0 spiro atoms. The average Bonchev–Trinajstić information content (AvgIpc) is 3.21. The van der Waals surface area contributed by atoms with Crippen molar-refractivity contribution in [2.24, 2.45) is 7.05 Å². The van der Waals surface area contributed by atoms with Crippen LogP contribution in [0.1, 0.15) is 63.9 Å². The summed E-state index contributed by atoms with van der Waals surface area (Å²) in [6.07, 6.45) is 4.80. The SMILES string of the molecule is Cn1c(OCCCN2CCN(c3cc(C4CCC4)nc(C(C)(C)C)n3)CC2)nnc1-c1ccccc1. The minimum Gasteiger partial charge on any atom is -0.464 e. The number of hydrogen-bond acceptors (Lipinski definition) is 7. The van der Waals surface area contributed by atoms with E-state index in [1.54, 1.807) is 0 Å². The molecule has 0 radical (unpaired) electrons. The first kappa shape index (κ1) is 24.7. The van der Waals surface area contributed by atoms with E-state index in [4.69, 9.17) is 14.7 Å². The van der Waals surface area contributed by atoms with Crippen molar-refractivity contribution in [2.75, 3.05) is 44.2 Å². The summed E-state index contributed by atoms with van der Waals surface area (Å²) in [4.78, 5) is 14.9. The van der Waals surface area contributed by atoms with Crippen LogP contribution in [0.3, 0.4) is 0 Å². The van der Waals surface area contributed by atoms with Crippen molar-refractivity contribution in [3.63, 3.8) is 0 Å². The minimum atomic E-state index is -0.0408. The highest BCUT2D eigenvalue weighted by atomic mass is 16.5. The molecule has 0 atom stereocenters. The molecule has 1 aromatic carbocycles. The first-order chi connectivity index (χ1) is 17.4. The predicted molar refractivity (Wildman–Crippen MR) is 143 cm³/mol. The van der Waals surface area contributed by atoms with Crippen LogP contribution in [-0.4, -0.2) is 69.0 Å². The molecule has 2 aromatic heterocycles. The van der Waals surface area contributed by atoms with E-state index in [1.165, 1.54) is 25.0 Å². The number of aromatic nitrogens is 5. The molecule has 36 heavy (non-hydrogen) atoms. The maximum Gasteiger partial charge on any atom is 0.316 e. The summed E-state index contributed by atoms with van der Waals surface area (Å²) in [7, 11) is 1.95. The van der Waals surface area contributed by atoms with Crippen LogP contribution in [0.25, 0.3) is 11.4 Å². The minimum absolute atomic E-state index is 0.0408. The monoisotopic (exact) mass is 489 g/mol. The highest BCUT2D eigenvalue weighted by Crippen LogP contribution is 2.37. The summed E-state index contributed by atoms with van der Waals surface area (Å²) >= 11 is 0. The first-order valence-electron chi connectivity index (χ1n) is 13.3. The molecule has 1 aliphatic heterocycles. The van der Waals surface area contributed by atoms with Crippen molar-refractivity contribution in [3.05, 3.63) is 47.9 Å². The summed E-state index contributed by atoms with van der Waals surface area (Å²) in [5, 5.41) is 8.53. The second-order valence-corrected chi connectivity index (χ2v) is 11.1. The third kappa shape index (κ3) is 5.53. The number of piperazine rings is 1. The van der Waals surface area contributed by atoms with Gasteiger partial charge in [0.25, 0.3) is 0 Å². The molecule has 5 rings (SSSR count). The Morgan fingerprint density at radius 2 is 1.72 bits per heavy atom. The van der Waals surface area contributed by atoms with Gasteiger partial charge in [0, 0.05) is 68.4 Å². The fraction of sp³-hybridized carbons (Fsp3) is 0.571. The number of nitrogens with zero attached hydrogens (tertiary/aromatic N) is 7. The number of rotatable bonds is 8. The Morgan fingerprint density at radius 3 is 2.39 bits per heavy atom. The van der Waals surface area contributed by atoms with Gasteiger partial charge in [-0.3, -0.25) is 9.47 Å². The fourth-order valence-corrected chi connectivity index (χ4v) is 4.79. The van der Waals surface area contributed by atoms with Gasteiger partial charge in [-0.05, 0) is 19.3 Å². The molecule has 0 N–H and O–H groups in total. The Morgan fingerprint density at radius 1 is 0.972 bits per heavy atom. The van der Waals surface area contributed by atoms with Crippen molar-refractivity contribution < 1.29 is 4.74 Å². The van der Waals surface area contributed by atoms with Gasteiger partial charge >= 0.3 is 6.01 Å². The van der Waals surface area contributed by atoms with Crippen LogP contribution in [0, 0.1) is 0 Å². The largest absolute Gasteiger partial charge is 0.464 e. The van der Waals surface area contributed by atoms with Gasteiger partial charge in [-0.15, -0.1) is 5.10 Å². The number of hydrogen-bond donors (Lipinski definition) is 0. The van der Waals surface area contributed by atoms with Crippen molar-refractivity contribution in [2.45, 2.75) is 57.8 Å². The Bertz CT molecular complexity index is 1140. The lowest BCUT2D eigenvalue weighted by molar-refractivity contribution is 0.215. The molecule has 192 valence electrons. The van der Waals surface area contributed by atoms with Gasteiger partial charge in [-0.1, -0.05) is 62.6 Å². The standard InChI is InChI=1S/C28H39N7O/c1-28(2,3)26-29-23(21-12-8-13-21)20-24(30-26)35-17-15-34(16-18-35)14-9-19-36-27-32-31-25(33(27)4)22-10-6-5-7-11-22/h5-7,10-11,20-21H,8-9,12-19H2,1-4H3. The van der Waals surface area contributed by atoms with E-state index >= 15 is 0 Å². The predicted octanol–water partition coefficient (Wildman–Crippen LogP) is 4.43. The van der Waals surface area contributed by atoms with E-state index in [-0.39, 0.29) is 5.41 Å².